The first-order valence-electron chi connectivity index (χ1n) is 14.9. The standard InChI is InChI=1S/C30H41N5O7S2/c1-19(2)16-35(44(38,39)21-8-9-23-27(15-21)43-29(33-23)32-12-11-31)17-25(36)24(14-20-6-4-3-5-7-20)34-30(37)42-26-18-41-28-22(26)10-13-40-28/h3-9,15,19,22,24-26,28,36H,10-14,16-18,31H2,1-2H3,(H,32,33)(H,34,37)/t22-,24-,25+,26-,28+/m0/s1. The third-order valence-corrected chi connectivity index (χ3v) is 10.5. The summed E-state index contributed by atoms with van der Waals surface area (Å²) in [6.07, 6.45) is -1.75. The van der Waals surface area contributed by atoms with Crippen molar-refractivity contribution in [1.82, 2.24) is 14.6 Å². The van der Waals surface area contributed by atoms with Crippen molar-refractivity contribution in [3.05, 3.63) is 54.1 Å². The highest BCUT2D eigenvalue weighted by atomic mass is 32.2. The number of aromatic nitrogens is 1. The molecule has 2 aromatic carbocycles. The Kier molecular flexibility index (Phi) is 10.7. The maximum Gasteiger partial charge on any atom is 0.407 e. The Labute approximate surface area is 261 Å². The van der Waals surface area contributed by atoms with E-state index in [1.54, 1.807) is 12.1 Å². The molecule has 0 spiro atoms. The number of carbonyl (C=O) groups excluding carboxylic acids is 1. The number of nitrogens with two attached hydrogens (primary N) is 1. The number of thiazole rings is 1. The molecular formula is C30H41N5O7S2. The van der Waals surface area contributed by atoms with E-state index in [0.29, 0.717) is 35.0 Å². The molecule has 2 fully saturated rings. The van der Waals surface area contributed by atoms with Crippen LogP contribution in [0.4, 0.5) is 9.93 Å². The molecular weight excluding hydrogens is 606 g/mol. The van der Waals surface area contributed by atoms with Crippen molar-refractivity contribution >= 4 is 42.8 Å². The number of benzene rings is 2. The smallest absolute Gasteiger partial charge is 0.407 e. The fourth-order valence-corrected chi connectivity index (χ4v) is 8.16. The number of fused-ring (bicyclic) bond motifs is 2. The van der Waals surface area contributed by atoms with E-state index in [9.17, 15) is 18.3 Å². The van der Waals surface area contributed by atoms with Gasteiger partial charge in [-0.15, -0.1) is 0 Å². The lowest BCUT2D eigenvalue weighted by Crippen LogP contribution is -2.51. The average molecular weight is 648 g/mol. The van der Waals surface area contributed by atoms with Gasteiger partial charge in [0.05, 0.1) is 46.4 Å². The Hall–Kier alpha value is -2.85. The number of aliphatic hydroxyl groups excluding tert-OH is 1. The molecule has 0 radical (unpaired) electrons. The summed E-state index contributed by atoms with van der Waals surface area (Å²) in [6, 6.07) is 13.4. The number of rotatable bonds is 14. The van der Waals surface area contributed by atoms with Crippen LogP contribution in [0.2, 0.25) is 0 Å². The molecule has 44 heavy (non-hydrogen) atoms. The van der Waals surface area contributed by atoms with Gasteiger partial charge in [0.2, 0.25) is 10.0 Å². The first kappa shape index (κ1) is 32.5. The lowest BCUT2D eigenvalue weighted by molar-refractivity contribution is -0.0907. The van der Waals surface area contributed by atoms with Crippen LogP contribution in [0, 0.1) is 11.8 Å². The molecule has 0 bridgehead atoms. The minimum Gasteiger partial charge on any atom is -0.443 e. The van der Waals surface area contributed by atoms with Crippen LogP contribution in [-0.4, -0.2) is 92.8 Å². The highest BCUT2D eigenvalue weighted by Gasteiger charge is 2.44. The number of carbonyl (C=O) groups is 1. The van der Waals surface area contributed by atoms with Crippen LogP contribution < -0.4 is 16.4 Å². The molecule has 3 heterocycles. The van der Waals surface area contributed by atoms with E-state index in [1.807, 2.05) is 44.2 Å². The molecule has 2 aliphatic heterocycles. The van der Waals surface area contributed by atoms with Crippen molar-refractivity contribution in [2.75, 3.05) is 44.7 Å². The van der Waals surface area contributed by atoms with Crippen LogP contribution in [0.25, 0.3) is 10.2 Å². The second kappa shape index (κ2) is 14.5. The van der Waals surface area contributed by atoms with Crippen LogP contribution in [0.1, 0.15) is 25.8 Å². The van der Waals surface area contributed by atoms with E-state index < -0.39 is 34.4 Å². The molecule has 12 nitrogen and oxygen atoms in total. The van der Waals surface area contributed by atoms with Crippen LogP contribution in [0.15, 0.2) is 53.4 Å². The predicted molar refractivity (Wildman–Crippen MR) is 168 cm³/mol. The Morgan fingerprint density at radius 1 is 1.20 bits per heavy atom. The predicted octanol–water partition coefficient (Wildman–Crippen LogP) is 2.77. The van der Waals surface area contributed by atoms with Gasteiger partial charge in [-0.05, 0) is 42.5 Å². The minimum atomic E-state index is -4.02. The van der Waals surface area contributed by atoms with Crippen LogP contribution in [0.5, 0.6) is 0 Å². The zero-order valence-corrected chi connectivity index (χ0v) is 26.6. The largest absolute Gasteiger partial charge is 0.443 e. The fourth-order valence-electron chi connectivity index (χ4n) is 5.50. The van der Waals surface area contributed by atoms with Gasteiger partial charge in [0.25, 0.3) is 0 Å². The molecule has 1 aromatic heterocycles. The van der Waals surface area contributed by atoms with E-state index in [4.69, 9.17) is 19.9 Å². The van der Waals surface area contributed by atoms with Gasteiger partial charge in [0, 0.05) is 26.2 Å². The topological polar surface area (TPSA) is 165 Å². The first-order valence-corrected chi connectivity index (χ1v) is 17.2. The number of amides is 1. The number of nitrogens with zero attached hydrogens (tertiary/aromatic N) is 2. The number of ether oxygens (including phenoxy) is 3. The molecule has 5 atom stereocenters. The quantitative estimate of drug-likeness (QED) is 0.204. The summed E-state index contributed by atoms with van der Waals surface area (Å²) in [5.74, 6) is -0.0565. The number of aliphatic hydroxyl groups is 1. The van der Waals surface area contributed by atoms with Gasteiger partial charge in [0.1, 0.15) is 6.10 Å². The Morgan fingerprint density at radius 3 is 2.75 bits per heavy atom. The molecule has 2 saturated heterocycles. The van der Waals surface area contributed by atoms with Crippen LogP contribution >= 0.6 is 11.3 Å². The van der Waals surface area contributed by atoms with Gasteiger partial charge in [-0.2, -0.15) is 4.31 Å². The molecule has 0 aliphatic carbocycles. The van der Waals surface area contributed by atoms with E-state index in [0.717, 1.165) is 12.0 Å². The summed E-state index contributed by atoms with van der Waals surface area (Å²) in [5, 5.41) is 18.1. The SMILES string of the molecule is CC(C)CN(C[C@@H](O)[C@H](Cc1ccccc1)NC(=O)O[C@H]1CO[C@H]2OCC[C@H]21)S(=O)(=O)c1ccc2nc(NCCN)sc2c1. The van der Waals surface area contributed by atoms with E-state index in [1.165, 1.54) is 21.7 Å². The molecule has 5 N–H and O–H groups in total. The summed E-state index contributed by atoms with van der Waals surface area (Å²) < 4.78 is 46.8. The molecule has 3 aromatic rings. The van der Waals surface area contributed by atoms with Gasteiger partial charge >= 0.3 is 6.09 Å². The second-order valence-corrected chi connectivity index (χ2v) is 14.5. The molecule has 0 unspecified atom stereocenters. The summed E-state index contributed by atoms with van der Waals surface area (Å²) >= 11 is 1.35. The second-order valence-electron chi connectivity index (χ2n) is 11.6. The Bertz CT molecular complexity index is 1500. The molecule has 5 rings (SSSR count). The van der Waals surface area contributed by atoms with Gasteiger partial charge < -0.3 is 35.7 Å². The molecule has 14 heteroatoms. The van der Waals surface area contributed by atoms with Gasteiger partial charge in [0.15, 0.2) is 11.4 Å². The maximum absolute atomic E-state index is 14.0. The monoisotopic (exact) mass is 647 g/mol. The summed E-state index contributed by atoms with van der Waals surface area (Å²) in [5.41, 5.74) is 7.13. The minimum absolute atomic E-state index is 0.0226. The van der Waals surface area contributed by atoms with Gasteiger partial charge in [-0.3, -0.25) is 0 Å². The number of alkyl carbamates (subject to hydrolysis) is 1. The zero-order valence-electron chi connectivity index (χ0n) is 24.9. The lowest BCUT2D eigenvalue weighted by atomic mass is 10.0. The summed E-state index contributed by atoms with van der Waals surface area (Å²) in [6.45, 7) is 5.57. The average Bonchev–Trinajstić information content (AvgIpc) is 3.72. The Balaban J connectivity index is 1.34. The third-order valence-electron chi connectivity index (χ3n) is 7.69. The Morgan fingerprint density at radius 2 is 2.00 bits per heavy atom. The lowest BCUT2D eigenvalue weighted by Gasteiger charge is -2.31. The van der Waals surface area contributed by atoms with Crippen molar-refractivity contribution in [3.8, 4) is 0 Å². The number of hydrogen-bond acceptors (Lipinski definition) is 11. The molecule has 240 valence electrons. The van der Waals surface area contributed by atoms with E-state index >= 15 is 0 Å². The van der Waals surface area contributed by atoms with Gasteiger partial charge in [-0.25, -0.2) is 18.2 Å². The highest BCUT2D eigenvalue weighted by Crippen LogP contribution is 2.33. The van der Waals surface area contributed by atoms with E-state index in [2.05, 4.69) is 15.6 Å². The molecule has 0 saturated carbocycles. The zero-order chi connectivity index (χ0) is 31.3. The van der Waals surface area contributed by atoms with Gasteiger partial charge in [-0.1, -0.05) is 55.5 Å². The number of anilines is 1. The fraction of sp³-hybridized carbons (Fsp3) is 0.533. The number of nitrogens with one attached hydrogen (secondary N) is 2. The highest BCUT2D eigenvalue weighted by molar-refractivity contribution is 7.89. The van der Waals surface area contributed by atoms with Crippen molar-refractivity contribution in [2.45, 2.75) is 56.1 Å². The maximum atomic E-state index is 14.0. The molecule has 2 aliphatic rings. The third kappa shape index (κ3) is 7.86. The number of sulfonamides is 1. The van der Waals surface area contributed by atoms with Crippen molar-refractivity contribution in [3.63, 3.8) is 0 Å². The molecule has 1 amide bonds. The summed E-state index contributed by atoms with van der Waals surface area (Å²) in [4.78, 5) is 17.7. The van der Waals surface area contributed by atoms with Crippen molar-refractivity contribution in [2.24, 2.45) is 17.6 Å². The van der Waals surface area contributed by atoms with Crippen LogP contribution in [0.3, 0.4) is 0 Å². The van der Waals surface area contributed by atoms with Crippen molar-refractivity contribution < 1.29 is 32.5 Å². The number of hydrogen-bond donors (Lipinski definition) is 4. The first-order chi connectivity index (χ1) is 21.1. The van der Waals surface area contributed by atoms with E-state index in [-0.39, 0.29) is 49.1 Å². The van der Waals surface area contributed by atoms with Crippen LogP contribution in [-0.2, 0) is 30.7 Å². The summed E-state index contributed by atoms with van der Waals surface area (Å²) in [7, 11) is -4.02. The van der Waals surface area contributed by atoms with Crippen molar-refractivity contribution in [1.29, 1.82) is 0 Å². The normalized spacial score (nSPS) is 21.5.